The summed E-state index contributed by atoms with van der Waals surface area (Å²) in [7, 11) is 0. The smallest absolute Gasteiger partial charge is 0.261 e. The number of fused-ring (bicyclic) bond motifs is 2. The predicted octanol–water partition coefficient (Wildman–Crippen LogP) is 1.71. The largest absolute Gasteiger partial charge is 0.352 e. The van der Waals surface area contributed by atoms with Gasteiger partial charge in [-0.3, -0.25) is 14.2 Å². The van der Waals surface area contributed by atoms with Crippen molar-refractivity contribution in [3.05, 3.63) is 75.8 Å². The second kappa shape index (κ2) is 7.09. The van der Waals surface area contributed by atoms with Crippen molar-refractivity contribution < 1.29 is 4.79 Å². The Morgan fingerprint density at radius 1 is 1.15 bits per heavy atom. The summed E-state index contributed by atoms with van der Waals surface area (Å²) in [5, 5.41) is 6.80. The highest BCUT2D eigenvalue weighted by Gasteiger charge is 2.11. The van der Waals surface area contributed by atoms with Crippen LogP contribution < -0.4 is 16.2 Å². The number of carbonyl (C=O) groups is 1. The molecule has 2 aromatic carbocycles. The molecule has 2 N–H and O–H groups in total. The second-order valence-corrected chi connectivity index (χ2v) is 6.49. The van der Waals surface area contributed by atoms with Gasteiger partial charge in [0.05, 0.1) is 17.2 Å². The molecule has 6 heteroatoms. The lowest BCUT2D eigenvalue weighted by Gasteiger charge is -2.09. The molecule has 26 heavy (non-hydrogen) atoms. The van der Waals surface area contributed by atoms with Crippen LogP contribution in [0.15, 0.2) is 53.6 Å². The molecule has 4 rings (SSSR count). The van der Waals surface area contributed by atoms with Gasteiger partial charge >= 0.3 is 0 Å². The summed E-state index contributed by atoms with van der Waals surface area (Å²) >= 11 is 0. The van der Waals surface area contributed by atoms with Gasteiger partial charge in [0, 0.05) is 32.6 Å². The van der Waals surface area contributed by atoms with Crippen molar-refractivity contribution in [3.8, 4) is 0 Å². The molecule has 0 bridgehead atoms. The maximum atomic E-state index is 12.4. The number of hydrogen-bond acceptors (Lipinski definition) is 4. The van der Waals surface area contributed by atoms with Crippen LogP contribution >= 0.6 is 0 Å². The summed E-state index contributed by atoms with van der Waals surface area (Å²) in [6.45, 7) is 2.61. The molecule has 3 aromatic rings. The molecule has 0 atom stereocenters. The van der Waals surface area contributed by atoms with Crippen molar-refractivity contribution in [3.63, 3.8) is 0 Å². The summed E-state index contributed by atoms with van der Waals surface area (Å²) in [6.07, 6.45) is 1.75. The summed E-state index contributed by atoms with van der Waals surface area (Å²) in [5.41, 5.74) is 4.26. The number of nitrogens with zero attached hydrogens (tertiary/aromatic N) is 2. The topological polar surface area (TPSA) is 76.0 Å². The number of carbonyl (C=O) groups excluding carboxylic acids is 1. The van der Waals surface area contributed by atoms with Crippen LogP contribution in [0.25, 0.3) is 10.9 Å². The summed E-state index contributed by atoms with van der Waals surface area (Å²) < 4.78 is 1.49. The zero-order chi connectivity index (χ0) is 17.9. The molecule has 0 fully saturated rings. The van der Waals surface area contributed by atoms with E-state index in [1.54, 1.807) is 12.1 Å². The van der Waals surface area contributed by atoms with Crippen LogP contribution in [0.3, 0.4) is 0 Å². The van der Waals surface area contributed by atoms with Crippen molar-refractivity contribution in [2.75, 3.05) is 0 Å². The van der Waals surface area contributed by atoms with E-state index < -0.39 is 0 Å². The molecule has 1 amide bonds. The van der Waals surface area contributed by atoms with Crippen LogP contribution in [-0.4, -0.2) is 15.5 Å². The standard InChI is InChI=1S/C20H20N4O2/c25-19(22-10-14-5-6-15-11-21-12-16(15)9-14)7-8-24-13-23-18-4-2-1-3-17(18)20(24)26/h1-6,9,13,21H,7-8,10-12H2,(H,22,25). The first-order chi connectivity index (χ1) is 12.7. The molecule has 1 aliphatic rings. The van der Waals surface area contributed by atoms with E-state index >= 15 is 0 Å². The Balaban J connectivity index is 1.35. The number of benzene rings is 2. The second-order valence-electron chi connectivity index (χ2n) is 6.49. The van der Waals surface area contributed by atoms with Crippen molar-refractivity contribution >= 4 is 16.8 Å². The third-order valence-corrected chi connectivity index (χ3v) is 4.70. The maximum absolute atomic E-state index is 12.4. The van der Waals surface area contributed by atoms with Crippen molar-refractivity contribution in [1.82, 2.24) is 20.2 Å². The van der Waals surface area contributed by atoms with E-state index in [0.29, 0.717) is 24.0 Å². The van der Waals surface area contributed by atoms with Gasteiger partial charge in [0.25, 0.3) is 5.56 Å². The lowest BCUT2D eigenvalue weighted by molar-refractivity contribution is -0.121. The first-order valence-corrected chi connectivity index (χ1v) is 8.73. The number of para-hydroxylation sites is 1. The van der Waals surface area contributed by atoms with E-state index in [4.69, 9.17) is 0 Å². The van der Waals surface area contributed by atoms with E-state index in [1.165, 1.54) is 22.0 Å². The number of aromatic nitrogens is 2. The lowest BCUT2D eigenvalue weighted by atomic mass is 10.1. The van der Waals surface area contributed by atoms with Gasteiger partial charge in [-0.1, -0.05) is 30.3 Å². The SMILES string of the molecule is O=C(CCn1cnc2ccccc2c1=O)NCc1ccc2c(c1)CNC2. The quantitative estimate of drug-likeness (QED) is 0.736. The van der Waals surface area contributed by atoms with Crippen LogP contribution in [0.4, 0.5) is 0 Å². The molecule has 0 spiro atoms. The molecule has 0 aliphatic carbocycles. The minimum atomic E-state index is -0.116. The number of amides is 1. The van der Waals surface area contributed by atoms with Crippen LogP contribution in [0.5, 0.6) is 0 Å². The number of hydrogen-bond donors (Lipinski definition) is 2. The van der Waals surface area contributed by atoms with Crippen molar-refractivity contribution in [2.24, 2.45) is 0 Å². The fraction of sp³-hybridized carbons (Fsp3) is 0.250. The minimum Gasteiger partial charge on any atom is -0.352 e. The van der Waals surface area contributed by atoms with Crippen LogP contribution in [0.1, 0.15) is 23.1 Å². The average Bonchev–Trinajstić information content (AvgIpc) is 3.14. The van der Waals surface area contributed by atoms with Crippen molar-refractivity contribution in [2.45, 2.75) is 32.6 Å². The zero-order valence-corrected chi connectivity index (χ0v) is 14.4. The van der Waals surface area contributed by atoms with E-state index in [1.807, 2.05) is 18.2 Å². The normalized spacial score (nSPS) is 12.9. The van der Waals surface area contributed by atoms with Crippen LogP contribution in [0.2, 0.25) is 0 Å². The maximum Gasteiger partial charge on any atom is 0.261 e. The monoisotopic (exact) mass is 348 g/mol. The van der Waals surface area contributed by atoms with Gasteiger partial charge in [0.1, 0.15) is 0 Å². The fourth-order valence-corrected chi connectivity index (χ4v) is 3.23. The summed E-state index contributed by atoms with van der Waals surface area (Å²) in [5.74, 6) is -0.0799. The van der Waals surface area contributed by atoms with Crippen molar-refractivity contribution in [1.29, 1.82) is 0 Å². The van der Waals surface area contributed by atoms with E-state index in [2.05, 4.69) is 27.8 Å². The van der Waals surface area contributed by atoms with E-state index in [0.717, 1.165) is 18.7 Å². The fourth-order valence-electron chi connectivity index (χ4n) is 3.23. The number of nitrogens with one attached hydrogen (secondary N) is 2. The highest BCUT2D eigenvalue weighted by atomic mass is 16.1. The molecule has 1 aliphatic heterocycles. The Morgan fingerprint density at radius 2 is 2.00 bits per heavy atom. The molecule has 0 saturated carbocycles. The Bertz CT molecular complexity index is 1030. The van der Waals surface area contributed by atoms with Crippen LogP contribution in [0, 0.1) is 0 Å². The third-order valence-electron chi connectivity index (χ3n) is 4.70. The summed E-state index contributed by atoms with van der Waals surface area (Å²) in [6, 6.07) is 13.5. The zero-order valence-electron chi connectivity index (χ0n) is 14.4. The predicted molar refractivity (Wildman–Crippen MR) is 99.5 cm³/mol. The molecular formula is C20H20N4O2. The average molecular weight is 348 g/mol. The molecule has 6 nitrogen and oxygen atoms in total. The molecule has 0 unspecified atom stereocenters. The van der Waals surface area contributed by atoms with Gasteiger partial charge in [-0.2, -0.15) is 0 Å². The first-order valence-electron chi connectivity index (χ1n) is 8.73. The summed E-state index contributed by atoms with van der Waals surface area (Å²) in [4.78, 5) is 28.8. The van der Waals surface area contributed by atoms with Gasteiger partial charge in [-0.15, -0.1) is 0 Å². The highest BCUT2D eigenvalue weighted by Crippen LogP contribution is 2.16. The number of rotatable bonds is 5. The molecule has 0 saturated heterocycles. The first kappa shape index (κ1) is 16.5. The van der Waals surface area contributed by atoms with E-state index in [9.17, 15) is 9.59 Å². The van der Waals surface area contributed by atoms with Gasteiger partial charge in [-0.05, 0) is 28.8 Å². The molecule has 2 heterocycles. The van der Waals surface area contributed by atoms with Gasteiger partial charge < -0.3 is 10.6 Å². The number of aryl methyl sites for hydroxylation is 1. The Labute approximate surface area is 150 Å². The van der Waals surface area contributed by atoms with E-state index in [-0.39, 0.29) is 17.9 Å². The molecule has 1 aromatic heterocycles. The molecule has 132 valence electrons. The molecule has 0 radical (unpaired) electrons. The third kappa shape index (κ3) is 3.36. The Morgan fingerprint density at radius 3 is 2.92 bits per heavy atom. The van der Waals surface area contributed by atoms with Gasteiger partial charge in [0.15, 0.2) is 0 Å². The molecular weight excluding hydrogens is 328 g/mol. The van der Waals surface area contributed by atoms with Crippen LogP contribution in [-0.2, 0) is 31.0 Å². The van der Waals surface area contributed by atoms with Gasteiger partial charge in [0.2, 0.25) is 5.91 Å². The highest BCUT2D eigenvalue weighted by molar-refractivity contribution is 5.77. The Hall–Kier alpha value is -2.99. The Kier molecular flexibility index (Phi) is 4.50. The lowest BCUT2D eigenvalue weighted by Crippen LogP contribution is -2.27. The van der Waals surface area contributed by atoms with Gasteiger partial charge in [-0.25, -0.2) is 4.98 Å². The minimum absolute atomic E-state index is 0.0799.